The lowest BCUT2D eigenvalue weighted by molar-refractivity contribution is 0.0602. The number of aromatic hydroxyl groups is 1. The van der Waals surface area contributed by atoms with Gasteiger partial charge in [-0.05, 0) is 28.1 Å². The first-order chi connectivity index (χ1) is 7.63. The third kappa shape index (κ3) is 1.71. The summed E-state index contributed by atoms with van der Waals surface area (Å²) >= 11 is 3.27. The molecule has 1 aromatic heterocycles. The van der Waals surface area contributed by atoms with Crippen molar-refractivity contribution in [2.45, 2.75) is 0 Å². The van der Waals surface area contributed by atoms with Crippen molar-refractivity contribution in [2.24, 2.45) is 0 Å². The molecule has 5 nitrogen and oxygen atoms in total. The van der Waals surface area contributed by atoms with Crippen molar-refractivity contribution in [1.29, 1.82) is 0 Å². The van der Waals surface area contributed by atoms with Gasteiger partial charge < -0.3 is 9.84 Å². The predicted molar refractivity (Wildman–Crippen MR) is 60.2 cm³/mol. The molecular weight excluding hydrogens is 276 g/mol. The lowest BCUT2D eigenvalue weighted by Crippen LogP contribution is -2.03. The van der Waals surface area contributed by atoms with Gasteiger partial charge in [0.15, 0.2) is 0 Å². The molecule has 0 amide bonds. The van der Waals surface area contributed by atoms with E-state index in [1.165, 1.54) is 13.3 Å². The molecule has 0 bridgehead atoms. The van der Waals surface area contributed by atoms with Crippen molar-refractivity contribution < 1.29 is 14.6 Å². The van der Waals surface area contributed by atoms with Gasteiger partial charge in [0.1, 0.15) is 11.0 Å². The van der Waals surface area contributed by atoms with Gasteiger partial charge in [0.05, 0.1) is 18.9 Å². The lowest BCUT2D eigenvalue weighted by atomic mass is 10.2. The van der Waals surface area contributed by atoms with Crippen LogP contribution in [0.4, 0.5) is 0 Å². The highest BCUT2D eigenvalue weighted by Crippen LogP contribution is 2.25. The molecule has 0 aliphatic rings. The molecule has 1 N–H and O–H groups in total. The number of carbonyl (C=O) groups excluding carboxylic acids is 1. The monoisotopic (exact) mass is 282 g/mol. The summed E-state index contributed by atoms with van der Waals surface area (Å²) in [5.74, 6) is -0.687. The summed E-state index contributed by atoms with van der Waals surface area (Å²) in [6.07, 6.45) is 1.18. The summed E-state index contributed by atoms with van der Waals surface area (Å²) in [6.45, 7) is 0. The summed E-state index contributed by atoms with van der Waals surface area (Å²) in [5, 5.41) is 9.23. The first-order valence-electron chi connectivity index (χ1n) is 4.36. The lowest BCUT2D eigenvalue weighted by Gasteiger charge is -2.04. The fourth-order valence-electron chi connectivity index (χ4n) is 1.33. The number of methoxy groups -OCH3 is 1. The number of esters is 1. The number of hydrogen-bond acceptors (Lipinski definition) is 5. The van der Waals surface area contributed by atoms with E-state index in [9.17, 15) is 9.90 Å². The van der Waals surface area contributed by atoms with E-state index in [4.69, 9.17) is 0 Å². The first-order valence-corrected chi connectivity index (χ1v) is 5.15. The zero-order valence-corrected chi connectivity index (χ0v) is 9.85. The third-order valence-corrected chi connectivity index (χ3v) is 2.68. The van der Waals surface area contributed by atoms with Gasteiger partial charge in [-0.25, -0.2) is 14.8 Å². The second-order valence-electron chi connectivity index (χ2n) is 3.01. The van der Waals surface area contributed by atoms with Crippen molar-refractivity contribution >= 4 is 32.9 Å². The first kappa shape index (κ1) is 10.8. The molecular formula is C10H7BrN2O3. The van der Waals surface area contributed by atoms with E-state index >= 15 is 0 Å². The minimum Gasteiger partial charge on any atom is -0.492 e. The molecule has 2 aromatic rings. The summed E-state index contributed by atoms with van der Waals surface area (Å²) in [6, 6.07) is 3.24. The molecule has 6 heteroatoms. The van der Waals surface area contributed by atoms with Gasteiger partial charge in [-0.15, -0.1) is 0 Å². The van der Waals surface area contributed by atoms with E-state index in [-0.39, 0.29) is 5.88 Å². The Labute approximate surface area is 99.2 Å². The predicted octanol–water partition coefficient (Wildman–Crippen LogP) is 1.88. The second kappa shape index (κ2) is 4.05. The topological polar surface area (TPSA) is 72.3 Å². The molecule has 1 heterocycles. The van der Waals surface area contributed by atoms with Crippen molar-refractivity contribution in [3.8, 4) is 5.88 Å². The minimum atomic E-state index is -0.488. The van der Waals surface area contributed by atoms with Crippen LogP contribution in [0.25, 0.3) is 11.0 Å². The van der Waals surface area contributed by atoms with Crippen LogP contribution in [-0.4, -0.2) is 28.2 Å². The van der Waals surface area contributed by atoms with Crippen LogP contribution < -0.4 is 0 Å². The third-order valence-electron chi connectivity index (χ3n) is 2.04. The smallest absolute Gasteiger partial charge is 0.340 e. The van der Waals surface area contributed by atoms with Gasteiger partial charge in [-0.1, -0.05) is 0 Å². The fourth-order valence-corrected chi connectivity index (χ4v) is 1.74. The standard InChI is InChI=1S/C10H7BrN2O3/c1-16-10(15)5-2-3-6(11)9-8(5)12-4-7(14)13-9/h2-4H,1H3,(H,13,14). The van der Waals surface area contributed by atoms with Crippen LogP contribution in [0, 0.1) is 0 Å². The summed E-state index contributed by atoms with van der Waals surface area (Å²) in [7, 11) is 1.30. The zero-order valence-electron chi connectivity index (χ0n) is 8.27. The number of rotatable bonds is 1. The second-order valence-corrected chi connectivity index (χ2v) is 3.87. The van der Waals surface area contributed by atoms with E-state index < -0.39 is 5.97 Å². The summed E-state index contributed by atoms with van der Waals surface area (Å²) in [4.78, 5) is 19.3. The Morgan fingerprint density at radius 3 is 2.88 bits per heavy atom. The van der Waals surface area contributed by atoms with E-state index in [1.54, 1.807) is 12.1 Å². The number of benzene rings is 1. The van der Waals surface area contributed by atoms with Crippen LogP contribution in [0.1, 0.15) is 10.4 Å². The Bertz CT molecular complexity index is 571. The van der Waals surface area contributed by atoms with Gasteiger partial charge in [0.25, 0.3) is 0 Å². The van der Waals surface area contributed by atoms with Gasteiger partial charge in [-0.3, -0.25) is 0 Å². The molecule has 0 fully saturated rings. The van der Waals surface area contributed by atoms with Crippen molar-refractivity contribution in [1.82, 2.24) is 9.97 Å². The molecule has 2 rings (SSSR count). The number of hydrogen-bond donors (Lipinski definition) is 1. The van der Waals surface area contributed by atoms with E-state index in [2.05, 4.69) is 30.6 Å². The number of halogens is 1. The Balaban J connectivity index is 2.79. The molecule has 0 radical (unpaired) electrons. The van der Waals surface area contributed by atoms with Crippen LogP contribution in [0.5, 0.6) is 5.88 Å². The van der Waals surface area contributed by atoms with Crippen LogP contribution in [-0.2, 0) is 4.74 Å². The zero-order chi connectivity index (χ0) is 11.7. The van der Waals surface area contributed by atoms with E-state index in [1.807, 2.05) is 0 Å². The van der Waals surface area contributed by atoms with Crippen LogP contribution in [0.3, 0.4) is 0 Å². The number of fused-ring (bicyclic) bond motifs is 1. The van der Waals surface area contributed by atoms with Gasteiger partial charge >= 0.3 is 5.97 Å². The highest BCUT2D eigenvalue weighted by atomic mass is 79.9. The fraction of sp³-hybridized carbons (Fsp3) is 0.100. The maximum Gasteiger partial charge on any atom is 0.340 e. The van der Waals surface area contributed by atoms with Gasteiger partial charge in [-0.2, -0.15) is 0 Å². The number of nitrogens with zero attached hydrogens (tertiary/aromatic N) is 2. The average molecular weight is 283 g/mol. The molecule has 16 heavy (non-hydrogen) atoms. The normalized spacial score (nSPS) is 10.4. The van der Waals surface area contributed by atoms with E-state index in [0.29, 0.717) is 21.1 Å². The van der Waals surface area contributed by atoms with Crippen molar-refractivity contribution in [2.75, 3.05) is 7.11 Å². The molecule has 82 valence electrons. The highest BCUT2D eigenvalue weighted by molar-refractivity contribution is 9.10. The summed E-state index contributed by atoms with van der Waals surface area (Å²) < 4.78 is 5.28. The van der Waals surface area contributed by atoms with Crippen LogP contribution in [0.2, 0.25) is 0 Å². The number of carbonyl (C=O) groups is 1. The maximum atomic E-state index is 11.5. The molecule has 0 spiro atoms. The highest BCUT2D eigenvalue weighted by Gasteiger charge is 2.14. The van der Waals surface area contributed by atoms with Gasteiger partial charge in [0, 0.05) is 4.47 Å². The van der Waals surface area contributed by atoms with Crippen molar-refractivity contribution in [3.05, 3.63) is 28.4 Å². The minimum absolute atomic E-state index is 0.199. The Morgan fingerprint density at radius 2 is 2.19 bits per heavy atom. The molecule has 0 aliphatic heterocycles. The maximum absolute atomic E-state index is 11.5. The van der Waals surface area contributed by atoms with Crippen molar-refractivity contribution in [3.63, 3.8) is 0 Å². The molecule has 0 unspecified atom stereocenters. The molecule has 0 aliphatic carbocycles. The SMILES string of the molecule is COC(=O)c1ccc(Br)c2nc(O)cnc12. The van der Waals surface area contributed by atoms with Gasteiger partial charge in [0.2, 0.25) is 5.88 Å². The Kier molecular flexibility index (Phi) is 2.74. The summed E-state index contributed by atoms with van der Waals surface area (Å²) in [5.41, 5.74) is 1.12. The molecule has 1 aromatic carbocycles. The quantitative estimate of drug-likeness (QED) is 0.809. The molecule has 0 saturated carbocycles. The average Bonchev–Trinajstić information content (AvgIpc) is 2.29. The number of aromatic nitrogens is 2. The molecule has 0 saturated heterocycles. The Hall–Kier alpha value is -1.69. The van der Waals surface area contributed by atoms with Crippen LogP contribution >= 0.6 is 15.9 Å². The van der Waals surface area contributed by atoms with Crippen LogP contribution in [0.15, 0.2) is 22.8 Å². The van der Waals surface area contributed by atoms with E-state index in [0.717, 1.165) is 0 Å². The largest absolute Gasteiger partial charge is 0.492 e. The number of ether oxygens (including phenoxy) is 1. The molecule has 0 atom stereocenters. The Morgan fingerprint density at radius 1 is 1.44 bits per heavy atom.